The molecule has 1 saturated heterocycles. The maximum atomic E-state index is 12.0. The van der Waals surface area contributed by atoms with Crippen LogP contribution < -0.4 is 15.1 Å². The summed E-state index contributed by atoms with van der Waals surface area (Å²) in [6, 6.07) is 6.36. The molecule has 1 aliphatic heterocycles. The van der Waals surface area contributed by atoms with Crippen molar-refractivity contribution in [2.75, 3.05) is 36.0 Å². The quantitative estimate of drug-likeness (QED) is 0.926. The molecule has 3 heterocycles. The summed E-state index contributed by atoms with van der Waals surface area (Å²) in [6.07, 6.45) is 4.02. The van der Waals surface area contributed by atoms with E-state index < -0.39 is 0 Å². The highest BCUT2D eigenvalue weighted by Crippen LogP contribution is 2.24. The number of piperazine rings is 1. The summed E-state index contributed by atoms with van der Waals surface area (Å²) in [5, 5.41) is 5.78. The van der Waals surface area contributed by atoms with Crippen LogP contribution in [0.4, 0.5) is 10.9 Å². The lowest BCUT2D eigenvalue weighted by atomic mass is 10.3. The number of anilines is 2. The maximum Gasteiger partial charge on any atom is 0.271 e. The van der Waals surface area contributed by atoms with Crippen LogP contribution >= 0.6 is 11.3 Å². The summed E-state index contributed by atoms with van der Waals surface area (Å²) in [5.74, 6) is 0.984. The SMILES string of the molecule is O=C(NC1CC1)c1csc(N2CCN(c3ccccn3)CC2)n1. The van der Waals surface area contributed by atoms with Crippen LogP contribution in [0.3, 0.4) is 0 Å². The van der Waals surface area contributed by atoms with Gasteiger partial charge in [0.05, 0.1) is 0 Å². The smallest absolute Gasteiger partial charge is 0.271 e. The summed E-state index contributed by atoms with van der Waals surface area (Å²) in [4.78, 5) is 25.5. The Hall–Kier alpha value is -2.15. The van der Waals surface area contributed by atoms with Crippen molar-refractivity contribution < 1.29 is 4.79 Å². The first-order chi connectivity index (χ1) is 11.3. The predicted molar refractivity (Wildman–Crippen MR) is 91.3 cm³/mol. The molecule has 0 unspecified atom stereocenters. The van der Waals surface area contributed by atoms with Crippen molar-refractivity contribution in [3.8, 4) is 0 Å². The minimum absolute atomic E-state index is 0.0397. The third-order valence-electron chi connectivity index (χ3n) is 4.16. The van der Waals surface area contributed by atoms with Crippen molar-refractivity contribution in [2.24, 2.45) is 0 Å². The normalized spacial score (nSPS) is 18.1. The maximum absolute atomic E-state index is 12.0. The number of aromatic nitrogens is 2. The van der Waals surface area contributed by atoms with Gasteiger partial charge in [-0.25, -0.2) is 9.97 Å². The second-order valence-corrected chi connectivity index (χ2v) is 6.76. The number of pyridine rings is 1. The Balaban J connectivity index is 1.37. The molecule has 1 amide bonds. The molecular formula is C16H19N5OS. The Morgan fingerprint density at radius 3 is 2.65 bits per heavy atom. The topological polar surface area (TPSA) is 61.4 Å². The lowest BCUT2D eigenvalue weighted by Gasteiger charge is -2.35. The number of nitrogens with one attached hydrogen (secondary N) is 1. The molecule has 1 aliphatic carbocycles. The number of amides is 1. The molecule has 7 heteroatoms. The van der Waals surface area contributed by atoms with Crippen LogP contribution in [0.5, 0.6) is 0 Å². The predicted octanol–water partition coefficient (Wildman–Crippen LogP) is 1.76. The molecule has 6 nitrogen and oxygen atoms in total. The van der Waals surface area contributed by atoms with Crippen LogP contribution in [-0.4, -0.2) is 48.1 Å². The van der Waals surface area contributed by atoms with Gasteiger partial charge in [-0.15, -0.1) is 11.3 Å². The zero-order valence-corrected chi connectivity index (χ0v) is 13.6. The molecule has 0 atom stereocenters. The highest BCUT2D eigenvalue weighted by atomic mass is 32.1. The van der Waals surface area contributed by atoms with Crippen molar-refractivity contribution in [3.05, 3.63) is 35.5 Å². The van der Waals surface area contributed by atoms with Crippen LogP contribution in [0.15, 0.2) is 29.8 Å². The van der Waals surface area contributed by atoms with Gasteiger partial charge in [0.2, 0.25) is 0 Å². The molecule has 0 bridgehead atoms. The zero-order valence-electron chi connectivity index (χ0n) is 12.8. The Morgan fingerprint density at radius 2 is 1.96 bits per heavy atom. The van der Waals surface area contributed by atoms with E-state index in [1.807, 2.05) is 29.8 Å². The van der Waals surface area contributed by atoms with Gasteiger partial charge in [-0.1, -0.05) is 6.07 Å². The second kappa shape index (κ2) is 6.16. The molecule has 2 aromatic heterocycles. The van der Waals surface area contributed by atoms with Crippen molar-refractivity contribution in [1.29, 1.82) is 0 Å². The average molecular weight is 329 g/mol. The van der Waals surface area contributed by atoms with Crippen molar-refractivity contribution in [2.45, 2.75) is 18.9 Å². The van der Waals surface area contributed by atoms with E-state index in [4.69, 9.17) is 0 Å². The molecule has 2 aliphatic rings. The van der Waals surface area contributed by atoms with Crippen molar-refractivity contribution in [1.82, 2.24) is 15.3 Å². The number of carbonyl (C=O) groups excluding carboxylic acids is 1. The Labute approximate surface area is 139 Å². The van der Waals surface area contributed by atoms with E-state index in [9.17, 15) is 4.79 Å². The van der Waals surface area contributed by atoms with Gasteiger partial charge in [-0.3, -0.25) is 4.79 Å². The van der Waals surface area contributed by atoms with Gasteiger partial charge in [0.25, 0.3) is 5.91 Å². The molecule has 2 fully saturated rings. The summed E-state index contributed by atoms with van der Waals surface area (Å²) in [6.45, 7) is 3.63. The van der Waals surface area contributed by atoms with E-state index in [2.05, 4.69) is 25.1 Å². The number of hydrogen-bond donors (Lipinski definition) is 1. The molecule has 23 heavy (non-hydrogen) atoms. The van der Waals surface area contributed by atoms with Crippen LogP contribution in [0.1, 0.15) is 23.3 Å². The monoisotopic (exact) mass is 329 g/mol. The van der Waals surface area contributed by atoms with Gasteiger partial charge in [0.1, 0.15) is 11.5 Å². The molecule has 1 saturated carbocycles. The van der Waals surface area contributed by atoms with E-state index in [1.54, 1.807) is 11.3 Å². The third-order valence-corrected chi connectivity index (χ3v) is 5.06. The lowest BCUT2D eigenvalue weighted by Crippen LogP contribution is -2.46. The summed E-state index contributed by atoms with van der Waals surface area (Å²) < 4.78 is 0. The molecule has 0 aromatic carbocycles. The molecule has 4 rings (SSSR count). The number of thiazole rings is 1. The molecule has 0 spiro atoms. The largest absolute Gasteiger partial charge is 0.353 e. The first kappa shape index (κ1) is 14.4. The Bertz CT molecular complexity index is 677. The third kappa shape index (κ3) is 3.29. The first-order valence-electron chi connectivity index (χ1n) is 7.97. The highest BCUT2D eigenvalue weighted by molar-refractivity contribution is 7.13. The second-order valence-electron chi connectivity index (χ2n) is 5.93. The Morgan fingerprint density at radius 1 is 1.17 bits per heavy atom. The number of carbonyl (C=O) groups is 1. The molecule has 0 radical (unpaired) electrons. The van der Waals surface area contributed by atoms with E-state index >= 15 is 0 Å². The standard InChI is InChI=1S/C16H19N5OS/c22-15(18-12-4-5-12)13-11-23-16(19-13)21-9-7-20(8-10-21)14-3-1-2-6-17-14/h1-3,6,11-12H,4-5,7-10H2,(H,18,22). The lowest BCUT2D eigenvalue weighted by molar-refractivity contribution is 0.0947. The number of hydrogen-bond acceptors (Lipinski definition) is 6. The van der Waals surface area contributed by atoms with Gasteiger partial charge in [-0.2, -0.15) is 0 Å². The summed E-state index contributed by atoms with van der Waals surface area (Å²) >= 11 is 1.55. The summed E-state index contributed by atoms with van der Waals surface area (Å²) in [7, 11) is 0. The van der Waals surface area contributed by atoms with E-state index in [-0.39, 0.29) is 5.91 Å². The number of rotatable bonds is 4. The van der Waals surface area contributed by atoms with Crippen molar-refractivity contribution in [3.63, 3.8) is 0 Å². The minimum Gasteiger partial charge on any atom is -0.353 e. The van der Waals surface area contributed by atoms with Gasteiger partial charge >= 0.3 is 0 Å². The van der Waals surface area contributed by atoms with Crippen LogP contribution in [0.25, 0.3) is 0 Å². The minimum atomic E-state index is -0.0397. The number of nitrogens with zero attached hydrogens (tertiary/aromatic N) is 4. The van der Waals surface area contributed by atoms with E-state index in [0.29, 0.717) is 11.7 Å². The van der Waals surface area contributed by atoms with E-state index in [1.165, 1.54) is 0 Å². The molecule has 1 N–H and O–H groups in total. The van der Waals surface area contributed by atoms with Crippen LogP contribution in [0.2, 0.25) is 0 Å². The van der Waals surface area contributed by atoms with E-state index in [0.717, 1.165) is 50.0 Å². The van der Waals surface area contributed by atoms with Gasteiger partial charge in [0.15, 0.2) is 5.13 Å². The fourth-order valence-corrected chi connectivity index (χ4v) is 3.53. The Kier molecular flexibility index (Phi) is 3.87. The van der Waals surface area contributed by atoms with Crippen LogP contribution in [0, 0.1) is 0 Å². The molecule has 120 valence electrons. The average Bonchev–Trinajstić information content (AvgIpc) is 3.27. The van der Waals surface area contributed by atoms with Gasteiger partial charge < -0.3 is 15.1 Å². The fraction of sp³-hybridized carbons (Fsp3) is 0.438. The molecular weight excluding hydrogens is 310 g/mol. The highest BCUT2D eigenvalue weighted by Gasteiger charge is 2.26. The zero-order chi connectivity index (χ0) is 15.6. The summed E-state index contributed by atoms with van der Waals surface area (Å²) in [5.41, 5.74) is 0.545. The van der Waals surface area contributed by atoms with Crippen molar-refractivity contribution >= 4 is 28.2 Å². The van der Waals surface area contributed by atoms with Crippen LogP contribution in [-0.2, 0) is 0 Å². The van der Waals surface area contributed by atoms with Gasteiger partial charge in [0, 0.05) is 43.8 Å². The fourth-order valence-electron chi connectivity index (χ4n) is 2.67. The first-order valence-corrected chi connectivity index (χ1v) is 8.85. The van der Waals surface area contributed by atoms with Gasteiger partial charge in [-0.05, 0) is 25.0 Å². The molecule has 2 aromatic rings.